The number of carbonyl (C=O) groups excluding carboxylic acids is 1. The zero-order chi connectivity index (χ0) is 12.4. The van der Waals surface area contributed by atoms with Gasteiger partial charge >= 0.3 is 0 Å². The molecule has 0 amide bonds. The predicted molar refractivity (Wildman–Crippen MR) is 66.3 cm³/mol. The van der Waals surface area contributed by atoms with Crippen molar-refractivity contribution in [1.82, 2.24) is 0 Å². The molecule has 0 saturated carbocycles. The maximum absolute atomic E-state index is 13.1. The molecule has 17 heavy (non-hydrogen) atoms. The standard InChI is InChI=1S/C14H12FNO/c1-9(17)13-8-11(5-6-14(13)16)10-3-2-4-12(15)7-10/h2-8H,16H2,1H3. The first-order valence-corrected chi connectivity index (χ1v) is 5.24. The van der Waals surface area contributed by atoms with Crippen LogP contribution in [0.4, 0.5) is 10.1 Å². The number of anilines is 1. The molecule has 2 aromatic carbocycles. The minimum atomic E-state index is -0.302. The van der Waals surface area contributed by atoms with Crippen LogP contribution in [0.3, 0.4) is 0 Å². The maximum Gasteiger partial charge on any atom is 0.161 e. The van der Waals surface area contributed by atoms with Gasteiger partial charge in [-0.2, -0.15) is 0 Å². The molecule has 3 heteroatoms. The Morgan fingerprint density at radius 2 is 1.82 bits per heavy atom. The number of nitrogen functional groups attached to an aromatic ring is 1. The van der Waals surface area contributed by atoms with Crippen molar-refractivity contribution >= 4 is 11.5 Å². The van der Waals surface area contributed by atoms with E-state index in [0.29, 0.717) is 11.3 Å². The summed E-state index contributed by atoms with van der Waals surface area (Å²) < 4.78 is 13.1. The SMILES string of the molecule is CC(=O)c1cc(-c2cccc(F)c2)ccc1N. The number of Topliss-reactive ketones (excluding diaryl/α,β-unsaturated/α-hetero) is 1. The van der Waals surface area contributed by atoms with Crippen LogP contribution in [0, 0.1) is 5.82 Å². The van der Waals surface area contributed by atoms with E-state index in [2.05, 4.69) is 0 Å². The number of halogens is 1. The summed E-state index contributed by atoms with van der Waals surface area (Å²) in [4.78, 5) is 11.4. The van der Waals surface area contributed by atoms with Gasteiger partial charge in [0.2, 0.25) is 0 Å². The lowest BCUT2D eigenvalue weighted by Crippen LogP contribution is -1.99. The van der Waals surface area contributed by atoms with Crippen LogP contribution in [0.2, 0.25) is 0 Å². The van der Waals surface area contributed by atoms with Crippen LogP contribution in [0.15, 0.2) is 42.5 Å². The third-order valence-corrected chi connectivity index (χ3v) is 2.59. The van der Waals surface area contributed by atoms with Crippen LogP contribution >= 0.6 is 0 Å². The third kappa shape index (κ3) is 2.33. The second kappa shape index (κ2) is 4.37. The molecule has 2 nitrogen and oxygen atoms in total. The zero-order valence-corrected chi connectivity index (χ0v) is 9.41. The normalized spacial score (nSPS) is 10.2. The van der Waals surface area contributed by atoms with Crippen LogP contribution in [0.5, 0.6) is 0 Å². The molecule has 0 heterocycles. The van der Waals surface area contributed by atoms with Crippen molar-refractivity contribution in [1.29, 1.82) is 0 Å². The van der Waals surface area contributed by atoms with E-state index in [-0.39, 0.29) is 11.6 Å². The lowest BCUT2D eigenvalue weighted by atomic mass is 10.0. The number of nitrogens with two attached hydrogens (primary N) is 1. The van der Waals surface area contributed by atoms with Gasteiger partial charge in [-0.3, -0.25) is 4.79 Å². The lowest BCUT2D eigenvalue weighted by Gasteiger charge is -2.06. The van der Waals surface area contributed by atoms with Crippen molar-refractivity contribution in [3.05, 3.63) is 53.8 Å². The van der Waals surface area contributed by atoms with Crippen LogP contribution in [-0.4, -0.2) is 5.78 Å². The molecule has 0 aliphatic heterocycles. The molecule has 0 saturated heterocycles. The summed E-state index contributed by atoms with van der Waals surface area (Å²) >= 11 is 0. The predicted octanol–water partition coefficient (Wildman–Crippen LogP) is 3.28. The Labute approximate surface area is 98.9 Å². The molecule has 2 aromatic rings. The largest absolute Gasteiger partial charge is 0.398 e. The highest BCUT2D eigenvalue weighted by Gasteiger charge is 2.07. The summed E-state index contributed by atoms with van der Waals surface area (Å²) in [5.41, 5.74) is 8.12. The molecule has 0 atom stereocenters. The first kappa shape index (κ1) is 11.3. The Bertz CT molecular complexity index is 578. The summed E-state index contributed by atoms with van der Waals surface area (Å²) in [5, 5.41) is 0. The van der Waals surface area contributed by atoms with E-state index in [1.807, 2.05) is 0 Å². The number of hydrogen-bond acceptors (Lipinski definition) is 2. The summed E-state index contributed by atoms with van der Waals surface area (Å²) in [7, 11) is 0. The van der Waals surface area contributed by atoms with E-state index < -0.39 is 0 Å². The van der Waals surface area contributed by atoms with E-state index in [1.54, 1.807) is 30.3 Å². The second-order valence-electron chi connectivity index (χ2n) is 3.87. The molecule has 0 radical (unpaired) electrons. The third-order valence-electron chi connectivity index (χ3n) is 2.59. The van der Waals surface area contributed by atoms with Crippen LogP contribution in [-0.2, 0) is 0 Å². The minimum absolute atomic E-state index is 0.0965. The van der Waals surface area contributed by atoms with Crippen molar-refractivity contribution in [2.45, 2.75) is 6.92 Å². The molecular weight excluding hydrogens is 217 g/mol. The number of rotatable bonds is 2. The van der Waals surface area contributed by atoms with Crippen molar-refractivity contribution in [2.75, 3.05) is 5.73 Å². The highest BCUT2D eigenvalue weighted by Crippen LogP contribution is 2.24. The quantitative estimate of drug-likeness (QED) is 0.634. The van der Waals surface area contributed by atoms with Gasteiger partial charge in [-0.25, -0.2) is 4.39 Å². The summed E-state index contributed by atoms with van der Waals surface area (Å²) in [6.45, 7) is 1.46. The Morgan fingerprint density at radius 1 is 1.12 bits per heavy atom. The molecule has 0 aromatic heterocycles. The maximum atomic E-state index is 13.1. The topological polar surface area (TPSA) is 43.1 Å². The van der Waals surface area contributed by atoms with Crippen molar-refractivity contribution in [3.8, 4) is 11.1 Å². The van der Waals surface area contributed by atoms with Gasteiger partial charge in [0.15, 0.2) is 5.78 Å². The highest BCUT2D eigenvalue weighted by atomic mass is 19.1. The smallest absolute Gasteiger partial charge is 0.161 e. The van der Waals surface area contributed by atoms with E-state index in [4.69, 9.17) is 5.73 Å². The summed E-state index contributed by atoms with van der Waals surface area (Å²) in [6.07, 6.45) is 0. The first-order chi connectivity index (χ1) is 8.08. The molecule has 86 valence electrons. The van der Waals surface area contributed by atoms with Gasteiger partial charge in [0.25, 0.3) is 0 Å². The number of hydrogen-bond donors (Lipinski definition) is 1. The Balaban J connectivity index is 2.54. The first-order valence-electron chi connectivity index (χ1n) is 5.24. The second-order valence-corrected chi connectivity index (χ2v) is 3.87. The van der Waals surface area contributed by atoms with Gasteiger partial charge in [0.1, 0.15) is 5.82 Å². The molecule has 0 spiro atoms. The van der Waals surface area contributed by atoms with Crippen molar-refractivity contribution < 1.29 is 9.18 Å². The number of ketones is 1. The number of carbonyl (C=O) groups is 1. The Morgan fingerprint density at radius 3 is 2.47 bits per heavy atom. The molecule has 2 N–H and O–H groups in total. The molecule has 0 aliphatic rings. The summed E-state index contributed by atoms with van der Waals surface area (Å²) in [6, 6.07) is 11.4. The van der Waals surface area contributed by atoms with Crippen molar-refractivity contribution in [3.63, 3.8) is 0 Å². The molecule has 2 rings (SSSR count). The fourth-order valence-corrected chi connectivity index (χ4v) is 1.71. The fraction of sp³-hybridized carbons (Fsp3) is 0.0714. The van der Waals surface area contributed by atoms with E-state index in [0.717, 1.165) is 11.1 Å². The summed E-state index contributed by atoms with van der Waals surface area (Å²) in [5.74, 6) is -0.399. The van der Waals surface area contributed by atoms with Crippen molar-refractivity contribution in [2.24, 2.45) is 0 Å². The molecule has 0 unspecified atom stereocenters. The molecule has 0 aliphatic carbocycles. The van der Waals surface area contributed by atoms with Gasteiger partial charge in [0, 0.05) is 11.3 Å². The van der Waals surface area contributed by atoms with Gasteiger partial charge < -0.3 is 5.73 Å². The molecule has 0 fully saturated rings. The zero-order valence-electron chi connectivity index (χ0n) is 9.41. The molecule has 0 bridgehead atoms. The van der Waals surface area contributed by atoms with Crippen LogP contribution in [0.25, 0.3) is 11.1 Å². The highest BCUT2D eigenvalue weighted by molar-refractivity contribution is 6.00. The van der Waals surface area contributed by atoms with Crippen LogP contribution in [0.1, 0.15) is 17.3 Å². The average molecular weight is 229 g/mol. The average Bonchev–Trinajstić information content (AvgIpc) is 2.29. The van der Waals surface area contributed by atoms with E-state index >= 15 is 0 Å². The fourth-order valence-electron chi connectivity index (χ4n) is 1.71. The van der Waals surface area contributed by atoms with E-state index in [1.165, 1.54) is 19.1 Å². The Kier molecular flexibility index (Phi) is 2.91. The lowest BCUT2D eigenvalue weighted by molar-refractivity contribution is 0.101. The van der Waals surface area contributed by atoms with E-state index in [9.17, 15) is 9.18 Å². The number of benzene rings is 2. The van der Waals surface area contributed by atoms with Gasteiger partial charge in [0.05, 0.1) is 0 Å². The molecular formula is C14H12FNO. The van der Waals surface area contributed by atoms with Gasteiger partial charge in [-0.15, -0.1) is 0 Å². The minimum Gasteiger partial charge on any atom is -0.398 e. The Hall–Kier alpha value is -2.16. The monoisotopic (exact) mass is 229 g/mol. The van der Waals surface area contributed by atoms with Crippen LogP contribution < -0.4 is 5.73 Å². The van der Waals surface area contributed by atoms with Gasteiger partial charge in [-0.1, -0.05) is 18.2 Å². The van der Waals surface area contributed by atoms with Gasteiger partial charge in [-0.05, 0) is 42.3 Å².